The van der Waals surface area contributed by atoms with Crippen LogP contribution in [0, 0.1) is 0 Å². The zero-order valence-electron chi connectivity index (χ0n) is 10.8. The van der Waals surface area contributed by atoms with Gasteiger partial charge in [0.05, 0.1) is 6.54 Å². The predicted molar refractivity (Wildman–Crippen MR) is 66.3 cm³/mol. The van der Waals surface area contributed by atoms with Gasteiger partial charge in [0.2, 0.25) is 0 Å². The lowest BCUT2D eigenvalue weighted by molar-refractivity contribution is -0.138. The number of hydrogen-bond acceptors (Lipinski definition) is 3. The standard InChI is InChI=1S/C13H17F2NO3/c1-9(2)16(8-12(17)18)7-10-3-5-11(6-4-10)19-13(14)15/h3-6,9,13H,7-8H2,1-2H3,(H,17,18). The molecule has 0 atom stereocenters. The number of halogens is 2. The van der Waals surface area contributed by atoms with Gasteiger partial charge in [-0.3, -0.25) is 9.69 Å². The molecule has 0 heterocycles. The van der Waals surface area contributed by atoms with Gasteiger partial charge in [-0.2, -0.15) is 8.78 Å². The quantitative estimate of drug-likeness (QED) is 0.829. The lowest BCUT2D eigenvalue weighted by Gasteiger charge is -2.24. The first-order chi connectivity index (χ1) is 8.88. The number of carbonyl (C=O) groups is 1. The molecular weight excluding hydrogens is 256 g/mol. The van der Waals surface area contributed by atoms with Gasteiger partial charge in [0.1, 0.15) is 5.75 Å². The van der Waals surface area contributed by atoms with Crippen LogP contribution in [0.4, 0.5) is 8.78 Å². The van der Waals surface area contributed by atoms with Crippen molar-refractivity contribution in [3.05, 3.63) is 29.8 Å². The number of aliphatic carboxylic acids is 1. The van der Waals surface area contributed by atoms with Crippen LogP contribution in [-0.4, -0.2) is 35.2 Å². The Morgan fingerprint density at radius 3 is 2.32 bits per heavy atom. The maximum absolute atomic E-state index is 12.0. The van der Waals surface area contributed by atoms with Crippen molar-refractivity contribution in [1.82, 2.24) is 4.90 Å². The first-order valence-corrected chi connectivity index (χ1v) is 5.88. The second-order valence-corrected chi connectivity index (χ2v) is 4.41. The highest BCUT2D eigenvalue weighted by atomic mass is 19.3. The topological polar surface area (TPSA) is 49.8 Å². The number of hydrogen-bond donors (Lipinski definition) is 1. The number of alkyl halides is 2. The van der Waals surface area contributed by atoms with Gasteiger partial charge in [0.15, 0.2) is 0 Å². The highest BCUT2D eigenvalue weighted by molar-refractivity contribution is 5.69. The molecule has 0 saturated carbocycles. The van der Waals surface area contributed by atoms with Gasteiger partial charge in [-0.1, -0.05) is 12.1 Å². The van der Waals surface area contributed by atoms with E-state index in [1.807, 2.05) is 13.8 Å². The van der Waals surface area contributed by atoms with Gasteiger partial charge in [0, 0.05) is 12.6 Å². The van der Waals surface area contributed by atoms with Crippen molar-refractivity contribution in [1.29, 1.82) is 0 Å². The summed E-state index contributed by atoms with van der Waals surface area (Å²) < 4.78 is 28.2. The molecule has 0 fully saturated rings. The molecule has 4 nitrogen and oxygen atoms in total. The molecule has 0 spiro atoms. The van der Waals surface area contributed by atoms with E-state index in [4.69, 9.17) is 5.11 Å². The van der Waals surface area contributed by atoms with Gasteiger partial charge in [-0.15, -0.1) is 0 Å². The SMILES string of the molecule is CC(C)N(CC(=O)O)Cc1ccc(OC(F)F)cc1. The maximum atomic E-state index is 12.0. The molecule has 1 aromatic rings. The number of carboxylic acids is 1. The molecule has 1 rings (SSSR count). The molecule has 1 aromatic carbocycles. The number of benzene rings is 1. The summed E-state index contributed by atoms with van der Waals surface area (Å²) in [5, 5.41) is 8.81. The Labute approximate surface area is 110 Å². The van der Waals surface area contributed by atoms with Crippen molar-refractivity contribution < 1.29 is 23.4 Å². The molecule has 0 unspecified atom stereocenters. The summed E-state index contributed by atoms with van der Waals surface area (Å²) in [6.07, 6.45) is 0. The molecule has 0 saturated heterocycles. The fourth-order valence-corrected chi connectivity index (χ4v) is 1.61. The minimum Gasteiger partial charge on any atom is -0.480 e. The van der Waals surface area contributed by atoms with Crippen molar-refractivity contribution >= 4 is 5.97 Å². The molecular formula is C13H17F2NO3. The van der Waals surface area contributed by atoms with Gasteiger partial charge < -0.3 is 9.84 Å². The molecule has 0 amide bonds. The van der Waals surface area contributed by atoms with E-state index in [9.17, 15) is 13.6 Å². The van der Waals surface area contributed by atoms with Gasteiger partial charge in [-0.25, -0.2) is 0 Å². The Hall–Kier alpha value is -1.69. The number of ether oxygens (including phenoxy) is 1. The van der Waals surface area contributed by atoms with Gasteiger partial charge in [-0.05, 0) is 31.5 Å². The molecule has 0 bridgehead atoms. The third-order valence-electron chi connectivity index (χ3n) is 2.60. The third-order valence-corrected chi connectivity index (χ3v) is 2.60. The molecule has 0 aliphatic heterocycles. The smallest absolute Gasteiger partial charge is 0.387 e. The Bertz CT molecular complexity index is 407. The zero-order valence-corrected chi connectivity index (χ0v) is 10.8. The largest absolute Gasteiger partial charge is 0.480 e. The van der Waals surface area contributed by atoms with Crippen LogP contribution in [0.25, 0.3) is 0 Å². The lowest BCUT2D eigenvalue weighted by Crippen LogP contribution is -2.35. The van der Waals surface area contributed by atoms with Crippen LogP contribution < -0.4 is 4.74 Å². The van der Waals surface area contributed by atoms with Crippen LogP contribution in [0.3, 0.4) is 0 Å². The summed E-state index contributed by atoms with van der Waals surface area (Å²) in [5.41, 5.74) is 0.844. The zero-order chi connectivity index (χ0) is 14.4. The van der Waals surface area contributed by atoms with E-state index >= 15 is 0 Å². The summed E-state index contributed by atoms with van der Waals surface area (Å²) in [4.78, 5) is 12.5. The van der Waals surface area contributed by atoms with E-state index in [0.717, 1.165) is 5.56 Å². The van der Waals surface area contributed by atoms with E-state index in [0.29, 0.717) is 6.54 Å². The van der Waals surface area contributed by atoms with E-state index in [2.05, 4.69) is 4.74 Å². The van der Waals surface area contributed by atoms with Crippen LogP contribution >= 0.6 is 0 Å². The Morgan fingerprint density at radius 2 is 1.89 bits per heavy atom. The normalized spacial score (nSPS) is 11.3. The lowest BCUT2D eigenvalue weighted by atomic mass is 10.2. The first-order valence-electron chi connectivity index (χ1n) is 5.88. The minimum absolute atomic E-state index is 0.0625. The average molecular weight is 273 g/mol. The fraction of sp³-hybridized carbons (Fsp3) is 0.462. The number of carboxylic acid groups (broad SMARTS) is 1. The minimum atomic E-state index is -2.84. The summed E-state index contributed by atoms with van der Waals surface area (Å²) in [5.74, 6) is -0.806. The number of nitrogens with zero attached hydrogens (tertiary/aromatic N) is 1. The van der Waals surface area contributed by atoms with Crippen LogP contribution in [0.15, 0.2) is 24.3 Å². The second-order valence-electron chi connectivity index (χ2n) is 4.41. The molecule has 1 N–H and O–H groups in total. The summed E-state index contributed by atoms with van der Waals surface area (Å²) in [6, 6.07) is 6.26. The first kappa shape index (κ1) is 15.4. The molecule has 6 heteroatoms. The Kier molecular flexibility index (Phi) is 5.69. The molecule has 0 radical (unpaired) electrons. The molecule has 0 aliphatic rings. The molecule has 0 aliphatic carbocycles. The molecule has 0 aromatic heterocycles. The fourth-order valence-electron chi connectivity index (χ4n) is 1.61. The summed E-state index contributed by atoms with van der Waals surface area (Å²) >= 11 is 0. The number of rotatable bonds is 7. The monoisotopic (exact) mass is 273 g/mol. The van der Waals surface area contributed by atoms with Crippen molar-refractivity contribution in [3.8, 4) is 5.75 Å². The maximum Gasteiger partial charge on any atom is 0.387 e. The van der Waals surface area contributed by atoms with Gasteiger partial charge >= 0.3 is 12.6 Å². The van der Waals surface area contributed by atoms with Crippen molar-refractivity contribution in [2.75, 3.05) is 6.54 Å². The van der Waals surface area contributed by atoms with Crippen molar-refractivity contribution in [3.63, 3.8) is 0 Å². The average Bonchev–Trinajstić information content (AvgIpc) is 2.29. The highest BCUT2D eigenvalue weighted by Gasteiger charge is 2.14. The van der Waals surface area contributed by atoms with Crippen LogP contribution in [-0.2, 0) is 11.3 Å². The summed E-state index contributed by atoms with van der Waals surface area (Å²) in [6.45, 7) is 1.34. The van der Waals surface area contributed by atoms with Crippen molar-refractivity contribution in [2.24, 2.45) is 0 Å². The van der Waals surface area contributed by atoms with E-state index in [-0.39, 0.29) is 18.3 Å². The molecule has 106 valence electrons. The molecule has 19 heavy (non-hydrogen) atoms. The van der Waals surface area contributed by atoms with Crippen LogP contribution in [0.1, 0.15) is 19.4 Å². The van der Waals surface area contributed by atoms with Crippen LogP contribution in [0.2, 0.25) is 0 Å². The van der Waals surface area contributed by atoms with E-state index in [1.54, 1.807) is 17.0 Å². The summed E-state index contributed by atoms with van der Waals surface area (Å²) in [7, 11) is 0. The Morgan fingerprint density at radius 1 is 1.32 bits per heavy atom. The van der Waals surface area contributed by atoms with E-state index in [1.165, 1.54) is 12.1 Å². The predicted octanol–water partition coefficient (Wildman–Crippen LogP) is 2.58. The van der Waals surface area contributed by atoms with Gasteiger partial charge in [0.25, 0.3) is 0 Å². The van der Waals surface area contributed by atoms with Crippen molar-refractivity contribution in [2.45, 2.75) is 33.0 Å². The van der Waals surface area contributed by atoms with Crippen LogP contribution in [0.5, 0.6) is 5.75 Å². The Balaban J connectivity index is 2.66. The van der Waals surface area contributed by atoms with E-state index < -0.39 is 12.6 Å². The highest BCUT2D eigenvalue weighted by Crippen LogP contribution is 2.16. The third kappa shape index (κ3) is 5.65. The second kappa shape index (κ2) is 7.04.